The number of urea groups is 1. The summed E-state index contributed by atoms with van der Waals surface area (Å²) in [6.07, 6.45) is 3.96. The van der Waals surface area contributed by atoms with Gasteiger partial charge in [0.25, 0.3) is 0 Å². The predicted molar refractivity (Wildman–Crippen MR) is 98.5 cm³/mol. The molecule has 2 heterocycles. The van der Waals surface area contributed by atoms with E-state index in [2.05, 4.69) is 20.4 Å². The summed E-state index contributed by atoms with van der Waals surface area (Å²) in [5, 5.41) is 10.9. The fourth-order valence-corrected chi connectivity index (χ4v) is 3.24. The Hall–Kier alpha value is -2.77. The van der Waals surface area contributed by atoms with Gasteiger partial charge in [-0.1, -0.05) is 6.07 Å². The van der Waals surface area contributed by atoms with Crippen molar-refractivity contribution in [1.82, 2.24) is 20.4 Å². The minimum Gasteiger partial charge on any atom is -0.353 e. The molecule has 1 aromatic carbocycles. The van der Waals surface area contributed by atoms with E-state index in [-0.39, 0.29) is 12.1 Å². The standard InChI is InChI=1S/C19H23F2N5O/c1-25(15-4-3-11-26(13-15)18-5-2-9-23-24-18)19(27)22-10-8-14-6-7-16(20)17(21)12-14/h2,5-7,9,12,15H,3-4,8,10-11,13H2,1H3,(H,22,27)/t15-/m1/s1. The number of hydrogen-bond acceptors (Lipinski definition) is 4. The SMILES string of the molecule is CN(C(=O)NCCc1ccc(F)c(F)c1)[C@@H]1CCCN(c2cccnn2)C1. The number of carbonyl (C=O) groups is 1. The zero-order valence-electron chi connectivity index (χ0n) is 15.2. The number of likely N-dealkylation sites (N-methyl/N-ethyl adjacent to an activating group) is 1. The van der Waals surface area contributed by atoms with Crippen LogP contribution in [0, 0.1) is 11.6 Å². The van der Waals surface area contributed by atoms with E-state index >= 15 is 0 Å². The van der Waals surface area contributed by atoms with Crippen molar-refractivity contribution >= 4 is 11.8 Å². The molecule has 1 aliphatic rings. The predicted octanol–water partition coefficient (Wildman–Crippen LogP) is 2.61. The number of hydrogen-bond donors (Lipinski definition) is 1. The molecule has 2 aromatic rings. The molecule has 27 heavy (non-hydrogen) atoms. The first-order valence-electron chi connectivity index (χ1n) is 9.02. The van der Waals surface area contributed by atoms with Gasteiger partial charge in [-0.15, -0.1) is 5.10 Å². The second-order valence-corrected chi connectivity index (χ2v) is 6.67. The molecule has 8 heteroatoms. The molecule has 0 bridgehead atoms. The highest BCUT2D eigenvalue weighted by Gasteiger charge is 2.26. The third-order valence-electron chi connectivity index (χ3n) is 4.82. The van der Waals surface area contributed by atoms with Crippen LogP contribution in [0.3, 0.4) is 0 Å². The molecule has 0 spiro atoms. The highest BCUT2D eigenvalue weighted by molar-refractivity contribution is 5.74. The van der Waals surface area contributed by atoms with Gasteiger partial charge in [0.1, 0.15) is 0 Å². The zero-order valence-corrected chi connectivity index (χ0v) is 15.2. The Bertz CT molecular complexity index is 774. The lowest BCUT2D eigenvalue weighted by molar-refractivity contribution is 0.182. The number of aromatic nitrogens is 2. The number of amides is 2. The van der Waals surface area contributed by atoms with Crippen LogP contribution in [-0.2, 0) is 6.42 Å². The van der Waals surface area contributed by atoms with E-state index in [1.54, 1.807) is 18.1 Å². The van der Waals surface area contributed by atoms with Gasteiger partial charge in [-0.05, 0) is 49.1 Å². The third kappa shape index (κ3) is 4.90. The number of carbonyl (C=O) groups excluding carboxylic acids is 1. The molecule has 1 atom stereocenters. The van der Waals surface area contributed by atoms with Crippen LogP contribution in [0.4, 0.5) is 19.4 Å². The van der Waals surface area contributed by atoms with E-state index in [1.807, 2.05) is 12.1 Å². The summed E-state index contributed by atoms with van der Waals surface area (Å²) >= 11 is 0. The summed E-state index contributed by atoms with van der Waals surface area (Å²) in [4.78, 5) is 16.3. The van der Waals surface area contributed by atoms with Crippen LogP contribution >= 0.6 is 0 Å². The average Bonchev–Trinajstić information content (AvgIpc) is 2.71. The molecule has 2 amide bonds. The van der Waals surface area contributed by atoms with E-state index in [9.17, 15) is 13.6 Å². The fraction of sp³-hybridized carbons (Fsp3) is 0.421. The van der Waals surface area contributed by atoms with Gasteiger partial charge in [-0.3, -0.25) is 0 Å². The van der Waals surface area contributed by atoms with Crippen LogP contribution in [0.2, 0.25) is 0 Å². The molecule has 1 fully saturated rings. The molecule has 0 aliphatic carbocycles. The molecule has 1 saturated heterocycles. The van der Waals surface area contributed by atoms with E-state index < -0.39 is 11.6 Å². The summed E-state index contributed by atoms with van der Waals surface area (Å²) < 4.78 is 26.2. The van der Waals surface area contributed by atoms with Gasteiger partial charge >= 0.3 is 6.03 Å². The number of nitrogens with one attached hydrogen (secondary N) is 1. The second kappa shape index (κ2) is 8.75. The van der Waals surface area contributed by atoms with E-state index in [1.165, 1.54) is 6.07 Å². The van der Waals surface area contributed by atoms with Gasteiger partial charge in [-0.25, -0.2) is 13.6 Å². The highest BCUT2D eigenvalue weighted by atomic mass is 19.2. The lowest BCUT2D eigenvalue weighted by atomic mass is 10.0. The topological polar surface area (TPSA) is 61.4 Å². The van der Waals surface area contributed by atoms with Crippen molar-refractivity contribution in [2.24, 2.45) is 0 Å². The molecular formula is C19H23F2N5O. The van der Waals surface area contributed by atoms with Crippen LogP contribution in [0.15, 0.2) is 36.5 Å². The summed E-state index contributed by atoms with van der Waals surface area (Å²) in [5.41, 5.74) is 0.642. The highest BCUT2D eigenvalue weighted by Crippen LogP contribution is 2.19. The van der Waals surface area contributed by atoms with Crippen LogP contribution in [0.1, 0.15) is 18.4 Å². The number of halogens is 2. The third-order valence-corrected chi connectivity index (χ3v) is 4.82. The minimum atomic E-state index is -0.873. The van der Waals surface area contributed by atoms with Crippen molar-refractivity contribution in [1.29, 1.82) is 0 Å². The lowest BCUT2D eigenvalue weighted by Crippen LogP contribution is -2.51. The molecule has 0 radical (unpaired) electrons. The minimum absolute atomic E-state index is 0.0732. The van der Waals surface area contributed by atoms with Crippen LogP contribution in [-0.4, -0.2) is 53.9 Å². The normalized spacial score (nSPS) is 16.9. The first-order valence-corrected chi connectivity index (χ1v) is 9.02. The first kappa shape index (κ1) is 19.0. The maximum atomic E-state index is 13.2. The summed E-state index contributed by atoms with van der Waals surface area (Å²) in [6.45, 7) is 1.95. The monoisotopic (exact) mass is 375 g/mol. The van der Waals surface area contributed by atoms with Gasteiger partial charge in [0.15, 0.2) is 17.5 Å². The summed E-state index contributed by atoms with van der Waals surface area (Å²) in [7, 11) is 1.78. The molecule has 144 valence electrons. The molecule has 6 nitrogen and oxygen atoms in total. The Morgan fingerprint density at radius 3 is 2.93 bits per heavy atom. The largest absolute Gasteiger partial charge is 0.353 e. The number of rotatable bonds is 5. The van der Waals surface area contributed by atoms with Crippen molar-refractivity contribution in [3.05, 3.63) is 53.7 Å². The fourth-order valence-electron chi connectivity index (χ4n) is 3.24. The maximum Gasteiger partial charge on any atom is 0.317 e. The van der Waals surface area contributed by atoms with E-state index in [0.29, 0.717) is 25.1 Å². The molecular weight excluding hydrogens is 352 g/mol. The maximum absolute atomic E-state index is 13.2. The van der Waals surface area contributed by atoms with Crippen LogP contribution in [0.25, 0.3) is 0 Å². The second-order valence-electron chi connectivity index (χ2n) is 6.67. The number of piperidine rings is 1. The van der Waals surface area contributed by atoms with Crippen molar-refractivity contribution in [3.63, 3.8) is 0 Å². The van der Waals surface area contributed by atoms with Gasteiger partial charge < -0.3 is 15.1 Å². The molecule has 1 N–H and O–H groups in total. The summed E-state index contributed by atoms with van der Waals surface area (Å²) in [5.74, 6) is -0.927. The van der Waals surface area contributed by atoms with Crippen molar-refractivity contribution in [2.45, 2.75) is 25.3 Å². The summed E-state index contributed by atoms with van der Waals surface area (Å²) in [6, 6.07) is 7.44. The number of nitrogens with zero attached hydrogens (tertiary/aromatic N) is 4. The Morgan fingerprint density at radius 1 is 1.33 bits per heavy atom. The molecule has 1 aliphatic heterocycles. The van der Waals surface area contributed by atoms with Gasteiger partial charge in [0, 0.05) is 32.9 Å². The smallest absolute Gasteiger partial charge is 0.317 e. The molecule has 0 saturated carbocycles. The number of benzene rings is 1. The van der Waals surface area contributed by atoms with Gasteiger partial charge in [0.05, 0.1) is 6.04 Å². The quantitative estimate of drug-likeness (QED) is 0.873. The first-order chi connectivity index (χ1) is 13.0. The van der Waals surface area contributed by atoms with Crippen LogP contribution in [0.5, 0.6) is 0 Å². The van der Waals surface area contributed by atoms with Crippen LogP contribution < -0.4 is 10.2 Å². The Balaban J connectivity index is 1.50. The van der Waals surface area contributed by atoms with Crippen molar-refractivity contribution < 1.29 is 13.6 Å². The average molecular weight is 375 g/mol. The van der Waals surface area contributed by atoms with E-state index in [4.69, 9.17) is 0 Å². The molecule has 0 unspecified atom stereocenters. The Morgan fingerprint density at radius 2 is 2.19 bits per heavy atom. The zero-order chi connectivity index (χ0) is 19.2. The van der Waals surface area contributed by atoms with E-state index in [0.717, 1.165) is 37.3 Å². The lowest BCUT2D eigenvalue weighted by Gasteiger charge is -2.37. The Labute approximate surface area is 157 Å². The van der Waals surface area contributed by atoms with Gasteiger partial charge in [0.2, 0.25) is 0 Å². The number of anilines is 1. The Kier molecular flexibility index (Phi) is 6.16. The van der Waals surface area contributed by atoms with Crippen molar-refractivity contribution in [3.8, 4) is 0 Å². The molecule has 3 rings (SSSR count). The van der Waals surface area contributed by atoms with Crippen molar-refractivity contribution in [2.75, 3.05) is 31.6 Å². The molecule has 1 aromatic heterocycles. The van der Waals surface area contributed by atoms with Gasteiger partial charge in [-0.2, -0.15) is 5.10 Å².